The quantitative estimate of drug-likeness (QED) is 0.301. The number of hydrogen-bond donors (Lipinski definition) is 5. The molecule has 1 aliphatic rings. The Bertz CT molecular complexity index is 1190. The number of thiazole rings is 1. The summed E-state index contributed by atoms with van der Waals surface area (Å²) in [5.74, 6) is 0.247. The van der Waals surface area contributed by atoms with Crippen molar-refractivity contribution in [1.82, 2.24) is 30.3 Å². The Morgan fingerprint density at radius 3 is 2.80 bits per heavy atom. The summed E-state index contributed by atoms with van der Waals surface area (Å²) >= 11 is 1.18. The van der Waals surface area contributed by atoms with E-state index in [1.807, 2.05) is 6.92 Å². The number of hydrogen-bond acceptors (Lipinski definition) is 9. The molecule has 1 aromatic carbocycles. The van der Waals surface area contributed by atoms with Gasteiger partial charge in [-0.25, -0.2) is 4.98 Å². The van der Waals surface area contributed by atoms with Crippen LogP contribution < -0.4 is 21.3 Å². The molecule has 2 amide bonds. The van der Waals surface area contributed by atoms with Crippen molar-refractivity contribution < 1.29 is 14.7 Å². The Hall–Kier alpha value is -3.48. The summed E-state index contributed by atoms with van der Waals surface area (Å²) in [6, 6.07) is 5.10. The topological polar surface area (TPSA) is 136 Å². The van der Waals surface area contributed by atoms with Gasteiger partial charge < -0.3 is 26.4 Å². The summed E-state index contributed by atoms with van der Waals surface area (Å²) in [6.45, 7) is 9.15. The lowest BCUT2D eigenvalue weighted by molar-refractivity contribution is -0.121. The van der Waals surface area contributed by atoms with Crippen molar-refractivity contribution >= 4 is 39.8 Å². The van der Waals surface area contributed by atoms with Crippen molar-refractivity contribution in [3.63, 3.8) is 0 Å². The van der Waals surface area contributed by atoms with Crippen molar-refractivity contribution in [2.45, 2.75) is 20.4 Å². The maximum Gasteiger partial charge on any atom is 0.267 e. The predicted octanol–water partition coefficient (Wildman–Crippen LogP) is 1.68. The smallest absolute Gasteiger partial charge is 0.267 e. The van der Waals surface area contributed by atoms with Crippen molar-refractivity contribution in [2.75, 3.05) is 49.9 Å². The van der Waals surface area contributed by atoms with Crippen molar-refractivity contribution in [3.8, 4) is 5.75 Å². The van der Waals surface area contributed by atoms with Crippen LogP contribution in [0.4, 0.5) is 16.6 Å². The minimum atomic E-state index is -0.310. The zero-order valence-corrected chi connectivity index (χ0v) is 20.6. The fourth-order valence-corrected chi connectivity index (χ4v) is 4.48. The average Bonchev–Trinajstić information content (AvgIpc) is 3.50. The Balaban J connectivity index is 1.27. The van der Waals surface area contributed by atoms with E-state index in [1.165, 1.54) is 17.5 Å². The summed E-state index contributed by atoms with van der Waals surface area (Å²) < 4.78 is 1.55. The fraction of sp³-hybridized carbons (Fsp3) is 0.391. The molecule has 0 aliphatic carbocycles. The Labute approximate surface area is 207 Å². The van der Waals surface area contributed by atoms with E-state index in [4.69, 9.17) is 0 Å². The van der Waals surface area contributed by atoms with Gasteiger partial charge in [0.15, 0.2) is 10.9 Å². The van der Waals surface area contributed by atoms with E-state index in [9.17, 15) is 14.7 Å². The highest BCUT2D eigenvalue weighted by Crippen LogP contribution is 2.29. The van der Waals surface area contributed by atoms with Crippen LogP contribution in [0.5, 0.6) is 5.75 Å². The summed E-state index contributed by atoms with van der Waals surface area (Å²) in [5.41, 5.74) is 2.05. The Morgan fingerprint density at radius 2 is 2.00 bits per heavy atom. The molecule has 12 heteroatoms. The number of phenols is 1. The number of aryl methyl sites for hydroxylation is 1. The molecule has 0 atom stereocenters. The normalized spacial score (nSPS) is 14.0. The molecule has 1 fully saturated rings. The molecule has 11 nitrogen and oxygen atoms in total. The second-order valence-corrected chi connectivity index (χ2v) is 9.38. The third kappa shape index (κ3) is 6.56. The highest BCUT2D eigenvalue weighted by Gasteiger charge is 2.16. The van der Waals surface area contributed by atoms with Gasteiger partial charge in [0.2, 0.25) is 5.91 Å². The third-order valence-corrected chi connectivity index (χ3v) is 6.67. The van der Waals surface area contributed by atoms with Gasteiger partial charge >= 0.3 is 0 Å². The van der Waals surface area contributed by atoms with E-state index < -0.39 is 0 Å². The zero-order chi connectivity index (χ0) is 24.8. The number of carbonyl (C=O) groups excluding carboxylic acids is 2. The lowest BCUT2D eigenvalue weighted by Crippen LogP contribution is -2.46. The molecule has 4 rings (SSSR count). The maximum atomic E-state index is 12.7. The molecule has 0 radical (unpaired) electrons. The first-order chi connectivity index (χ1) is 16.9. The van der Waals surface area contributed by atoms with E-state index in [2.05, 4.69) is 36.2 Å². The standard InChI is InChI=1S/C23H30N8O3S/c1-15-3-4-17(32)16(2)21(15)28-22(34)18-13-26-23(35-18)27-19-5-9-31(29-19)14-20(33)25-8-12-30-10-6-24-7-11-30/h3-5,9,13,24,32H,6-8,10-12,14H2,1-2H3,(H,25,33)(H,28,34)(H,26,27,29). The average molecular weight is 499 g/mol. The van der Waals surface area contributed by atoms with Gasteiger partial charge in [-0.15, -0.1) is 0 Å². The summed E-state index contributed by atoms with van der Waals surface area (Å²) in [6.07, 6.45) is 3.20. The number of piperazine rings is 1. The number of benzene rings is 1. The molecule has 0 saturated carbocycles. The van der Waals surface area contributed by atoms with Crippen LogP contribution in [0.25, 0.3) is 0 Å². The number of nitrogens with one attached hydrogen (secondary N) is 4. The molecule has 0 unspecified atom stereocenters. The lowest BCUT2D eigenvalue weighted by atomic mass is 10.1. The molecular formula is C23H30N8O3S. The van der Waals surface area contributed by atoms with Gasteiger partial charge in [0.05, 0.1) is 11.9 Å². The van der Waals surface area contributed by atoms with Gasteiger partial charge in [0.1, 0.15) is 17.2 Å². The first kappa shape index (κ1) is 24.6. The van der Waals surface area contributed by atoms with Crippen LogP contribution in [0.1, 0.15) is 20.8 Å². The van der Waals surface area contributed by atoms with Gasteiger partial charge in [-0.3, -0.25) is 19.2 Å². The third-order valence-electron chi connectivity index (χ3n) is 5.75. The summed E-state index contributed by atoms with van der Waals surface area (Å²) in [5, 5.41) is 26.9. The van der Waals surface area contributed by atoms with Gasteiger partial charge in [-0.1, -0.05) is 17.4 Å². The second-order valence-electron chi connectivity index (χ2n) is 8.35. The molecular weight excluding hydrogens is 468 g/mol. The van der Waals surface area contributed by atoms with Crippen LogP contribution in [0.3, 0.4) is 0 Å². The number of phenolic OH excluding ortho intramolecular Hbond substituents is 1. The number of aromatic hydroxyl groups is 1. The van der Waals surface area contributed by atoms with E-state index in [0.717, 1.165) is 38.3 Å². The van der Waals surface area contributed by atoms with E-state index >= 15 is 0 Å². The molecule has 1 aliphatic heterocycles. The van der Waals surface area contributed by atoms with Gasteiger partial charge in [0, 0.05) is 57.1 Å². The largest absolute Gasteiger partial charge is 0.508 e. The lowest BCUT2D eigenvalue weighted by Gasteiger charge is -2.27. The SMILES string of the molecule is Cc1ccc(O)c(C)c1NC(=O)c1cnc(Nc2ccn(CC(=O)NCCN3CCNCC3)n2)s1. The minimum Gasteiger partial charge on any atom is -0.508 e. The predicted molar refractivity (Wildman–Crippen MR) is 135 cm³/mol. The van der Waals surface area contributed by atoms with Crippen LogP contribution >= 0.6 is 11.3 Å². The van der Waals surface area contributed by atoms with Gasteiger partial charge in [-0.2, -0.15) is 5.10 Å². The van der Waals surface area contributed by atoms with Crippen LogP contribution in [0.2, 0.25) is 0 Å². The van der Waals surface area contributed by atoms with Gasteiger partial charge in [0.25, 0.3) is 5.91 Å². The van der Waals surface area contributed by atoms with E-state index in [0.29, 0.717) is 33.6 Å². The number of nitrogens with zero attached hydrogens (tertiary/aromatic N) is 4. The van der Waals surface area contributed by atoms with E-state index in [1.54, 1.807) is 36.0 Å². The molecule has 1 saturated heterocycles. The minimum absolute atomic E-state index is 0.0967. The number of rotatable bonds is 9. The summed E-state index contributed by atoms with van der Waals surface area (Å²) in [7, 11) is 0. The Kier molecular flexibility index (Phi) is 7.95. The van der Waals surface area contributed by atoms with Crippen LogP contribution in [-0.4, -0.2) is 75.9 Å². The molecule has 35 heavy (non-hydrogen) atoms. The number of anilines is 3. The van der Waals surface area contributed by atoms with Crippen molar-refractivity contribution in [3.05, 3.63) is 46.6 Å². The molecule has 3 aromatic rings. The molecule has 5 N–H and O–H groups in total. The highest BCUT2D eigenvalue weighted by atomic mass is 32.1. The molecule has 186 valence electrons. The highest BCUT2D eigenvalue weighted by molar-refractivity contribution is 7.17. The maximum absolute atomic E-state index is 12.7. The van der Waals surface area contributed by atoms with Crippen LogP contribution in [0, 0.1) is 13.8 Å². The molecule has 0 bridgehead atoms. The van der Waals surface area contributed by atoms with Crippen molar-refractivity contribution in [1.29, 1.82) is 0 Å². The molecule has 0 spiro atoms. The Morgan fingerprint density at radius 1 is 1.20 bits per heavy atom. The van der Waals surface area contributed by atoms with Gasteiger partial charge in [-0.05, 0) is 25.5 Å². The van der Waals surface area contributed by atoms with Crippen LogP contribution in [-0.2, 0) is 11.3 Å². The number of carbonyl (C=O) groups is 2. The summed E-state index contributed by atoms with van der Waals surface area (Å²) in [4.78, 5) is 31.9. The molecule has 3 heterocycles. The van der Waals surface area contributed by atoms with E-state index in [-0.39, 0.29) is 24.1 Å². The first-order valence-corrected chi connectivity index (χ1v) is 12.3. The number of amides is 2. The van der Waals surface area contributed by atoms with Crippen LogP contribution in [0.15, 0.2) is 30.6 Å². The first-order valence-electron chi connectivity index (χ1n) is 11.5. The zero-order valence-electron chi connectivity index (χ0n) is 19.8. The number of aromatic nitrogens is 3. The monoisotopic (exact) mass is 498 g/mol. The second kappa shape index (κ2) is 11.3. The molecule has 2 aromatic heterocycles. The van der Waals surface area contributed by atoms with Crippen molar-refractivity contribution in [2.24, 2.45) is 0 Å². The fourth-order valence-electron chi connectivity index (χ4n) is 3.76.